The lowest BCUT2D eigenvalue weighted by atomic mass is 10.2. The predicted molar refractivity (Wildman–Crippen MR) is 105 cm³/mol. The second-order valence-corrected chi connectivity index (χ2v) is 6.60. The van der Waals surface area contributed by atoms with Gasteiger partial charge in [-0.3, -0.25) is 4.79 Å². The van der Waals surface area contributed by atoms with E-state index in [1.54, 1.807) is 30.3 Å². The number of para-hydroxylation sites is 1. The van der Waals surface area contributed by atoms with Crippen molar-refractivity contribution >= 4 is 38.5 Å². The Hall–Kier alpha value is -3.05. The fourth-order valence-electron chi connectivity index (χ4n) is 2.54. The second-order valence-electron chi connectivity index (χ2n) is 5.69. The smallest absolute Gasteiger partial charge is 0.291 e. The average Bonchev–Trinajstić information content (AvgIpc) is 3.07. The molecule has 0 spiro atoms. The van der Waals surface area contributed by atoms with Crippen molar-refractivity contribution in [3.8, 4) is 11.5 Å². The zero-order valence-corrected chi connectivity index (χ0v) is 15.2. The summed E-state index contributed by atoms with van der Waals surface area (Å²) in [5.74, 6) is 1.43. The van der Waals surface area contributed by atoms with Gasteiger partial charge in [-0.05, 0) is 60.7 Å². The van der Waals surface area contributed by atoms with Crippen LogP contribution in [0.2, 0.25) is 0 Å². The highest BCUT2D eigenvalue weighted by Gasteiger charge is 2.13. The fourth-order valence-corrected chi connectivity index (χ4v) is 2.88. The minimum atomic E-state index is -0.297. The van der Waals surface area contributed by atoms with Gasteiger partial charge in [0.05, 0.1) is 0 Å². The summed E-state index contributed by atoms with van der Waals surface area (Å²) in [4.78, 5) is 12.4. The fraction of sp³-hybridized carbons (Fsp3) is 0. The molecule has 1 aromatic heterocycles. The molecule has 0 radical (unpaired) electrons. The standard InChI is InChI=1S/C21H14BrNO3/c22-15-7-6-14-12-20(26-19(14)13-15)21(24)23-16-8-10-18(11-9-16)25-17-4-2-1-3-5-17/h1-13H,(H,23,24). The lowest BCUT2D eigenvalue weighted by molar-refractivity contribution is 0.0998. The van der Waals surface area contributed by atoms with Crippen LogP contribution in [0.25, 0.3) is 11.0 Å². The van der Waals surface area contributed by atoms with E-state index in [1.807, 2.05) is 48.5 Å². The van der Waals surface area contributed by atoms with Crippen molar-refractivity contribution in [1.82, 2.24) is 0 Å². The van der Waals surface area contributed by atoms with Gasteiger partial charge in [-0.25, -0.2) is 0 Å². The monoisotopic (exact) mass is 407 g/mol. The Morgan fingerprint density at radius 1 is 0.885 bits per heavy atom. The van der Waals surface area contributed by atoms with Crippen LogP contribution in [0.3, 0.4) is 0 Å². The Kier molecular flexibility index (Phi) is 4.46. The van der Waals surface area contributed by atoms with E-state index in [0.29, 0.717) is 17.0 Å². The van der Waals surface area contributed by atoms with E-state index in [0.717, 1.165) is 15.6 Å². The zero-order valence-electron chi connectivity index (χ0n) is 13.6. The van der Waals surface area contributed by atoms with Crippen LogP contribution in [0.15, 0.2) is 87.8 Å². The highest BCUT2D eigenvalue weighted by Crippen LogP contribution is 2.25. The van der Waals surface area contributed by atoms with Crippen molar-refractivity contribution in [2.24, 2.45) is 0 Å². The van der Waals surface area contributed by atoms with Crippen LogP contribution in [0.1, 0.15) is 10.6 Å². The third kappa shape index (κ3) is 3.63. The highest BCUT2D eigenvalue weighted by molar-refractivity contribution is 9.10. The Bertz CT molecular complexity index is 1060. The molecule has 1 N–H and O–H groups in total. The molecule has 26 heavy (non-hydrogen) atoms. The number of nitrogens with one attached hydrogen (secondary N) is 1. The van der Waals surface area contributed by atoms with E-state index < -0.39 is 0 Å². The molecule has 4 nitrogen and oxygen atoms in total. The van der Waals surface area contributed by atoms with Crippen molar-refractivity contribution in [3.05, 3.63) is 89.1 Å². The van der Waals surface area contributed by atoms with Gasteiger partial charge in [0.25, 0.3) is 5.91 Å². The Balaban J connectivity index is 1.46. The highest BCUT2D eigenvalue weighted by atomic mass is 79.9. The molecule has 0 atom stereocenters. The molecule has 0 fully saturated rings. The zero-order chi connectivity index (χ0) is 17.9. The van der Waals surface area contributed by atoms with Gasteiger partial charge < -0.3 is 14.5 Å². The first-order valence-electron chi connectivity index (χ1n) is 8.01. The predicted octanol–water partition coefficient (Wildman–Crippen LogP) is 6.24. The molecule has 1 amide bonds. The molecule has 4 rings (SSSR count). The summed E-state index contributed by atoms with van der Waals surface area (Å²) in [6.07, 6.45) is 0. The molecule has 0 unspecified atom stereocenters. The number of fused-ring (bicyclic) bond motifs is 1. The molecule has 3 aromatic carbocycles. The SMILES string of the molecule is O=C(Nc1ccc(Oc2ccccc2)cc1)c1cc2ccc(Br)cc2o1. The number of hydrogen-bond acceptors (Lipinski definition) is 3. The molecule has 128 valence electrons. The minimum Gasteiger partial charge on any atom is -0.457 e. The normalized spacial score (nSPS) is 10.7. The Morgan fingerprint density at radius 3 is 2.38 bits per heavy atom. The van der Waals surface area contributed by atoms with Crippen LogP contribution in [-0.4, -0.2) is 5.91 Å². The summed E-state index contributed by atoms with van der Waals surface area (Å²) in [6.45, 7) is 0. The van der Waals surface area contributed by atoms with E-state index in [2.05, 4.69) is 21.2 Å². The molecule has 0 bridgehead atoms. The van der Waals surface area contributed by atoms with Crippen molar-refractivity contribution < 1.29 is 13.9 Å². The largest absolute Gasteiger partial charge is 0.457 e. The first-order chi connectivity index (χ1) is 12.7. The van der Waals surface area contributed by atoms with Crippen LogP contribution < -0.4 is 10.1 Å². The van der Waals surface area contributed by atoms with Crippen LogP contribution >= 0.6 is 15.9 Å². The number of anilines is 1. The third-order valence-electron chi connectivity index (χ3n) is 3.80. The molecular formula is C21H14BrNO3. The van der Waals surface area contributed by atoms with E-state index in [-0.39, 0.29) is 11.7 Å². The Morgan fingerprint density at radius 2 is 1.62 bits per heavy atom. The molecule has 0 aliphatic carbocycles. The number of benzene rings is 3. The number of carbonyl (C=O) groups is 1. The number of carbonyl (C=O) groups excluding carboxylic acids is 1. The van der Waals surface area contributed by atoms with Crippen LogP contribution in [-0.2, 0) is 0 Å². The second kappa shape index (κ2) is 7.06. The van der Waals surface area contributed by atoms with Gasteiger partial charge in [0.15, 0.2) is 5.76 Å². The van der Waals surface area contributed by atoms with Crippen LogP contribution in [0.4, 0.5) is 5.69 Å². The first-order valence-corrected chi connectivity index (χ1v) is 8.80. The van der Waals surface area contributed by atoms with Gasteiger partial charge >= 0.3 is 0 Å². The number of halogens is 1. The quantitative estimate of drug-likeness (QED) is 0.435. The summed E-state index contributed by atoms with van der Waals surface area (Å²) >= 11 is 3.39. The summed E-state index contributed by atoms with van der Waals surface area (Å²) < 4.78 is 12.3. The lowest BCUT2D eigenvalue weighted by Gasteiger charge is -2.07. The van der Waals surface area contributed by atoms with Crippen LogP contribution in [0.5, 0.6) is 11.5 Å². The van der Waals surface area contributed by atoms with Gasteiger partial charge in [0.1, 0.15) is 17.1 Å². The third-order valence-corrected chi connectivity index (χ3v) is 4.29. The first kappa shape index (κ1) is 16.4. The van der Waals surface area contributed by atoms with E-state index in [4.69, 9.17) is 9.15 Å². The molecule has 5 heteroatoms. The summed E-state index contributed by atoms with van der Waals surface area (Å²) in [6, 6.07) is 24.1. The van der Waals surface area contributed by atoms with E-state index >= 15 is 0 Å². The molecule has 4 aromatic rings. The maximum atomic E-state index is 12.4. The molecule has 0 saturated heterocycles. The molecule has 0 saturated carbocycles. The van der Waals surface area contributed by atoms with Crippen molar-refractivity contribution in [2.45, 2.75) is 0 Å². The van der Waals surface area contributed by atoms with Crippen molar-refractivity contribution in [3.63, 3.8) is 0 Å². The van der Waals surface area contributed by atoms with Crippen molar-refractivity contribution in [2.75, 3.05) is 5.32 Å². The molecule has 0 aliphatic heterocycles. The number of hydrogen-bond donors (Lipinski definition) is 1. The van der Waals surface area contributed by atoms with E-state index in [1.165, 1.54) is 0 Å². The summed E-state index contributed by atoms with van der Waals surface area (Å²) in [5.41, 5.74) is 1.33. The van der Waals surface area contributed by atoms with Gasteiger partial charge in [0, 0.05) is 15.5 Å². The minimum absolute atomic E-state index is 0.266. The maximum absolute atomic E-state index is 12.4. The maximum Gasteiger partial charge on any atom is 0.291 e. The van der Waals surface area contributed by atoms with Gasteiger partial charge in [0.2, 0.25) is 0 Å². The molecular weight excluding hydrogens is 394 g/mol. The lowest BCUT2D eigenvalue weighted by Crippen LogP contribution is -2.10. The average molecular weight is 408 g/mol. The number of furan rings is 1. The molecule has 0 aliphatic rings. The number of rotatable bonds is 4. The van der Waals surface area contributed by atoms with E-state index in [9.17, 15) is 4.79 Å². The number of amides is 1. The number of ether oxygens (including phenoxy) is 1. The van der Waals surface area contributed by atoms with Crippen LogP contribution in [0, 0.1) is 0 Å². The van der Waals surface area contributed by atoms with Gasteiger partial charge in [-0.1, -0.05) is 34.1 Å². The molecule has 1 heterocycles. The summed E-state index contributed by atoms with van der Waals surface area (Å²) in [5, 5.41) is 3.70. The van der Waals surface area contributed by atoms with Crippen molar-refractivity contribution in [1.29, 1.82) is 0 Å². The van der Waals surface area contributed by atoms with Gasteiger partial charge in [-0.15, -0.1) is 0 Å². The summed E-state index contributed by atoms with van der Waals surface area (Å²) in [7, 11) is 0. The van der Waals surface area contributed by atoms with Gasteiger partial charge in [-0.2, -0.15) is 0 Å². The topological polar surface area (TPSA) is 51.5 Å². The Labute approximate surface area is 158 Å².